The Morgan fingerprint density at radius 1 is 1.05 bits per heavy atom. The van der Waals surface area contributed by atoms with Crippen molar-refractivity contribution in [3.63, 3.8) is 0 Å². The van der Waals surface area contributed by atoms with Crippen LogP contribution in [-0.2, 0) is 6.18 Å². The predicted octanol–water partition coefficient (Wildman–Crippen LogP) is 5.03. The Hall–Kier alpha value is -0.310. The predicted molar refractivity (Wildman–Crippen MR) is 94.8 cm³/mol. The summed E-state index contributed by atoms with van der Waals surface area (Å²) in [6, 6.07) is 4.05. The molecule has 2 nitrogen and oxygen atoms in total. The number of rotatable bonds is 4. The van der Waals surface area contributed by atoms with E-state index in [-0.39, 0.29) is 29.5 Å². The molecule has 1 aromatic carbocycles. The molecule has 0 N–H and O–H groups in total. The first-order valence-electron chi connectivity index (χ1n) is 6.80. The highest BCUT2D eigenvalue weighted by Crippen LogP contribution is 2.45. The van der Waals surface area contributed by atoms with Crippen LogP contribution in [-0.4, -0.2) is 24.3 Å². The lowest BCUT2D eigenvalue weighted by Crippen LogP contribution is -2.40. The molecular weight excluding hydrogens is 412 g/mol. The van der Waals surface area contributed by atoms with E-state index in [0.29, 0.717) is 12.2 Å². The highest BCUT2D eigenvalue weighted by atomic mass is 127. The van der Waals surface area contributed by atoms with Crippen molar-refractivity contribution in [2.24, 2.45) is 0 Å². The number of halogens is 4. The molecule has 0 radical (unpaired) electrons. The van der Waals surface area contributed by atoms with E-state index >= 15 is 0 Å². The highest BCUT2D eigenvalue weighted by molar-refractivity contribution is 14.0. The van der Waals surface area contributed by atoms with Crippen molar-refractivity contribution in [3.05, 3.63) is 23.8 Å². The highest BCUT2D eigenvalue weighted by Gasteiger charge is 2.37. The summed E-state index contributed by atoms with van der Waals surface area (Å²) in [7, 11) is 0. The van der Waals surface area contributed by atoms with Gasteiger partial charge in [-0.3, -0.25) is 0 Å². The zero-order chi connectivity index (χ0) is 14.9. The fourth-order valence-electron chi connectivity index (χ4n) is 2.56. The lowest BCUT2D eigenvalue weighted by molar-refractivity contribution is -0.137. The van der Waals surface area contributed by atoms with Crippen LogP contribution in [0.1, 0.15) is 26.3 Å². The SMILES string of the molecule is CCSC1N(CC)c2ccc(C(F)(F)F)cc2N1CC.I. The zero-order valence-corrected chi connectivity index (χ0v) is 15.4. The van der Waals surface area contributed by atoms with E-state index in [1.54, 1.807) is 17.8 Å². The minimum absolute atomic E-state index is 0. The summed E-state index contributed by atoms with van der Waals surface area (Å²) in [5.41, 5.74) is 1.10. The minimum atomic E-state index is -4.29. The zero-order valence-electron chi connectivity index (χ0n) is 12.3. The van der Waals surface area contributed by atoms with Gasteiger partial charge in [0.15, 0.2) is 5.50 Å². The van der Waals surface area contributed by atoms with Crippen LogP contribution in [0.5, 0.6) is 0 Å². The van der Waals surface area contributed by atoms with Gasteiger partial charge in [-0.15, -0.1) is 35.7 Å². The Morgan fingerprint density at radius 3 is 2.10 bits per heavy atom. The molecule has 1 aromatic rings. The Labute approximate surface area is 145 Å². The molecule has 21 heavy (non-hydrogen) atoms. The number of hydrogen-bond acceptors (Lipinski definition) is 3. The van der Waals surface area contributed by atoms with Gasteiger partial charge in [-0.1, -0.05) is 6.92 Å². The second-order valence-electron chi connectivity index (χ2n) is 4.55. The molecule has 0 amide bonds. The maximum absolute atomic E-state index is 12.9. The summed E-state index contributed by atoms with van der Waals surface area (Å²) in [5.74, 6) is 0.928. The second kappa shape index (κ2) is 7.30. The Bertz CT molecular complexity index is 482. The summed E-state index contributed by atoms with van der Waals surface area (Å²) in [4.78, 5) is 4.20. The lowest BCUT2D eigenvalue weighted by Gasteiger charge is -2.30. The van der Waals surface area contributed by atoms with Crippen molar-refractivity contribution in [1.29, 1.82) is 0 Å². The van der Waals surface area contributed by atoms with Crippen LogP contribution in [0.25, 0.3) is 0 Å². The topological polar surface area (TPSA) is 6.48 Å². The molecule has 1 unspecified atom stereocenters. The molecular formula is C14H20F3IN2S. The van der Waals surface area contributed by atoms with E-state index < -0.39 is 11.7 Å². The van der Waals surface area contributed by atoms with Crippen molar-refractivity contribution in [1.82, 2.24) is 0 Å². The van der Waals surface area contributed by atoms with Gasteiger partial charge in [-0.05, 0) is 37.8 Å². The maximum Gasteiger partial charge on any atom is 0.416 e. The molecule has 7 heteroatoms. The van der Waals surface area contributed by atoms with Gasteiger partial charge < -0.3 is 9.80 Å². The van der Waals surface area contributed by atoms with Gasteiger partial charge in [0.1, 0.15) is 0 Å². The Kier molecular flexibility index (Phi) is 6.52. The number of thioether (sulfide) groups is 1. The largest absolute Gasteiger partial charge is 0.416 e. The molecule has 0 bridgehead atoms. The summed E-state index contributed by atoms with van der Waals surface area (Å²) >= 11 is 1.74. The van der Waals surface area contributed by atoms with Crippen LogP contribution in [0.4, 0.5) is 24.5 Å². The molecule has 120 valence electrons. The van der Waals surface area contributed by atoms with Gasteiger partial charge in [-0.25, -0.2) is 0 Å². The van der Waals surface area contributed by atoms with Crippen molar-refractivity contribution in [3.8, 4) is 0 Å². The number of hydrogen-bond donors (Lipinski definition) is 0. The summed E-state index contributed by atoms with van der Waals surface area (Å²) in [5, 5.41) is 0. The number of anilines is 2. The number of benzene rings is 1. The van der Waals surface area contributed by atoms with Gasteiger partial charge >= 0.3 is 6.18 Å². The van der Waals surface area contributed by atoms with Crippen molar-refractivity contribution in [2.45, 2.75) is 32.4 Å². The number of nitrogens with zero attached hydrogens (tertiary/aromatic N) is 2. The van der Waals surface area contributed by atoms with E-state index in [0.717, 1.165) is 18.0 Å². The third-order valence-corrected chi connectivity index (χ3v) is 4.59. The Morgan fingerprint density at radius 2 is 1.62 bits per heavy atom. The third kappa shape index (κ3) is 3.55. The average molecular weight is 432 g/mol. The van der Waals surface area contributed by atoms with E-state index in [2.05, 4.69) is 11.8 Å². The van der Waals surface area contributed by atoms with Gasteiger partial charge in [0.2, 0.25) is 0 Å². The van der Waals surface area contributed by atoms with E-state index in [1.165, 1.54) is 12.1 Å². The molecule has 0 saturated heterocycles. The average Bonchev–Trinajstić information content (AvgIpc) is 2.69. The van der Waals surface area contributed by atoms with Crippen LogP contribution < -0.4 is 9.80 Å². The van der Waals surface area contributed by atoms with Crippen LogP contribution >= 0.6 is 35.7 Å². The minimum Gasteiger partial charge on any atom is -0.341 e. The maximum atomic E-state index is 12.9. The van der Waals surface area contributed by atoms with Crippen molar-refractivity contribution < 1.29 is 13.2 Å². The molecule has 0 aliphatic carbocycles. The molecule has 2 rings (SSSR count). The van der Waals surface area contributed by atoms with Gasteiger partial charge in [0, 0.05) is 13.1 Å². The second-order valence-corrected chi connectivity index (χ2v) is 5.89. The molecule has 0 aromatic heterocycles. The quantitative estimate of drug-likeness (QED) is 0.617. The first-order chi connectivity index (χ1) is 9.43. The van der Waals surface area contributed by atoms with E-state index in [1.807, 2.05) is 18.7 Å². The number of fused-ring (bicyclic) bond motifs is 1. The number of alkyl halides is 3. The lowest BCUT2D eigenvalue weighted by atomic mass is 10.1. The van der Waals surface area contributed by atoms with Crippen molar-refractivity contribution >= 4 is 47.1 Å². The molecule has 0 saturated carbocycles. The first-order valence-corrected chi connectivity index (χ1v) is 7.85. The molecule has 0 fully saturated rings. The smallest absolute Gasteiger partial charge is 0.341 e. The monoisotopic (exact) mass is 432 g/mol. The van der Waals surface area contributed by atoms with E-state index in [9.17, 15) is 13.2 Å². The van der Waals surface area contributed by atoms with E-state index in [4.69, 9.17) is 0 Å². The van der Waals surface area contributed by atoms with Gasteiger partial charge in [-0.2, -0.15) is 13.2 Å². The molecule has 1 heterocycles. The summed E-state index contributed by atoms with van der Waals surface area (Å²) in [6.07, 6.45) is -4.29. The molecule has 1 aliphatic rings. The summed E-state index contributed by atoms with van der Waals surface area (Å²) in [6.45, 7) is 7.56. The standard InChI is InChI=1S/C14H19F3N2S.HI/c1-4-18-11-8-7-10(14(15,16)17)9-12(11)19(5-2)13(18)20-6-3;/h7-9,13H,4-6H2,1-3H3;1H. The van der Waals surface area contributed by atoms with Gasteiger partial charge in [0.25, 0.3) is 0 Å². The normalized spacial score (nSPS) is 17.7. The molecule has 0 spiro atoms. The first kappa shape index (κ1) is 18.7. The van der Waals surface area contributed by atoms with Crippen LogP contribution in [0.2, 0.25) is 0 Å². The summed E-state index contributed by atoms with van der Waals surface area (Å²) < 4.78 is 38.6. The van der Waals surface area contributed by atoms with Crippen LogP contribution in [0.15, 0.2) is 18.2 Å². The fourth-order valence-corrected chi connectivity index (χ4v) is 3.74. The van der Waals surface area contributed by atoms with Crippen molar-refractivity contribution in [2.75, 3.05) is 28.6 Å². The van der Waals surface area contributed by atoms with Crippen LogP contribution in [0, 0.1) is 0 Å². The van der Waals surface area contributed by atoms with Crippen LogP contribution in [0.3, 0.4) is 0 Å². The Balaban J connectivity index is 0.00000220. The third-order valence-electron chi connectivity index (χ3n) is 3.45. The van der Waals surface area contributed by atoms with Gasteiger partial charge in [0.05, 0.1) is 16.9 Å². The molecule has 1 aliphatic heterocycles. The molecule has 1 atom stereocenters. The fraction of sp³-hybridized carbons (Fsp3) is 0.571.